The third-order valence-corrected chi connectivity index (χ3v) is 0.685. The molecule has 0 rings (SSSR count). The van der Waals surface area contributed by atoms with Crippen molar-refractivity contribution >= 4 is 0 Å². The second-order valence-electron chi connectivity index (χ2n) is 2.41. The van der Waals surface area contributed by atoms with E-state index in [9.17, 15) is 0 Å². The Morgan fingerprint density at radius 1 is 1.50 bits per heavy atom. The van der Waals surface area contributed by atoms with Gasteiger partial charge in [-0.25, -0.2) is 0 Å². The summed E-state index contributed by atoms with van der Waals surface area (Å²) in [7, 11) is 0. The smallest absolute Gasteiger partial charge is 0.120 e. The number of hydrogen-bond donors (Lipinski definition) is 2. The summed E-state index contributed by atoms with van der Waals surface area (Å²) in [5, 5.41) is 17.3. The molecular formula is C8H12O2. The molecule has 0 saturated carbocycles. The van der Waals surface area contributed by atoms with Crippen molar-refractivity contribution in [3.63, 3.8) is 0 Å². The molecule has 0 aromatic heterocycles. The van der Waals surface area contributed by atoms with Crippen molar-refractivity contribution in [3.8, 4) is 11.8 Å². The lowest BCUT2D eigenvalue weighted by Gasteiger charge is -2.04. The summed E-state index contributed by atoms with van der Waals surface area (Å²) in [6, 6.07) is 0. The predicted molar refractivity (Wildman–Crippen MR) is 40.3 cm³/mol. The van der Waals surface area contributed by atoms with Gasteiger partial charge in [0.2, 0.25) is 0 Å². The molecule has 2 N–H and O–H groups in total. The van der Waals surface area contributed by atoms with Crippen LogP contribution in [0.4, 0.5) is 0 Å². The van der Waals surface area contributed by atoms with Gasteiger partial charge in [0.05, 0.1) is 6.61 Å². The lowest BCUT2D eigenvalue weighted by atomic mass is 10.1. The van der Waals surface area contributed by atoms with Crippen LogP contribution in [0.2, 0.25) is 0 Å². The van der Waals surface area contributed by atoms with Crippen LogP contribution in [0.25, 0.3) is 0 Å². The molecule has 0 aliphatic rings. The van der Waals surface area contributed by atoms with E-state index in [2.05, 4.69) is 11.8 Å². The van der Waals surface area contributed by atoms with Crippen LogP contribution in [-0.2, 0) is 0 Å². The Balaban J connectivity index is 3.81. The Bertz CT molecular complexity index is 164. The molecule has 2 nitrogen and oxygen atoms in total. The summed E-state index contributed by atoms with van der Waals surface area (Å²) < 4.78 is 0. The minimum atomic E-state index is -0.945. The van der Waals surface area contributed by atoms with Crippen LogP contribution in [0.5, 0.6) is 0 Å². The van der Waals surface area contributed by atoms with Crippen molar-refractivity contribution in [1.29, 1.82) is 0 Å². The van der Waals surface area contributed by atoms with E-state index in [-0.39, 0.29) is 6.61 Å². The molecule has 0 heterocycles. The fourth-order valence-electron chi connectivity index (χ4n) is 0.330. The Morgan fingerprint density at radius 3 is 2.50 bits per heavy atom. The van der Waals surface area contributed by atoms with Gasteiger partial charge in [-0.05, 0) is 19.9 Å². The molecular weight excluding hydrogens is 128 g/mol. The molecule has 10 heavy (non-hydrogen) atoms. The minimum Gasteiger partial charge on any atom is -0.392 e. The summed E-state index contributed by atoms with van der Waals surface area (Å²) in [4.78, 5) is 0. The molecule has 0 radical (unpaired) electrons. The van der Waals surface area contributed by atoms with Gasteiger partial charge in [0.1, 0.15) is 5.60 Å². The molecule has 0 unspecified atom stereocenters. The van der Waals surface area contributed by atoms with Gasteiger partial charge in [0.15, 0.2) is 0 Å². The van der Waals surface area contributed by atoms with E-state index in [4.69, 9.17) is 10.2 Å². The molecule has 0 spiro atoms. The van der Waals surface area contributed by atoms with Gasteiger partial charge in [-0.3, -0.25) is 0 Å². The lowest BCUT2D eigenvalue weighted by molar-refractivity contribution is 0.143. The molecule has 0 aromatic rings. The van der Waals surface area contributed by atoms with Crippen LogP contribution in [0.1, 0.15) is 13.8 Å². The Labute approximate surface area is 61.2 Å². The predicted octanol–water partition coefficient (Wildman–Crippen LogP) is 0.309. The van der Waals surface area contributed by atoms with Crippen molar-refractivity contribution in [1.82, 2.24) is 0 Å². The van der Waals surface area contributed by atoms with E-state index in [1.54, 1.807) is 13.8 Å². The van der Waals surface area contributed by atoms with Crippen LogP contribution in [0.15, 0.2) is 12.2 Å². The van der Waals surface area contributed by atoms with Crippen molar-refractivity contribution in [3.05, 3.63) is 12.2 Å². The highest BCUT2D eigenvalue weighted by atomic mass is 16.3. The number of aliphatic hydroxyl groups excluding tert-OH is 1. The van der Waals surface area contributed by atoms with Gasteiger partial charge in [0, 0.05) is 0 Å². The zero-order chi connectivity index (χ0) is 8.04. The second kappa shape index (κ2) is 4.10. The number of rotatable bonds is 1. The molecule has 0 bridgehead atoms. The minimum absolute atomic E-state index is 0.0134. The average Bonchev–Trinajstić information content (AvgIpc) is 1.78. The van der Waals surface area contributed by atoms with Crippen LogP contribution < -0.4 is 0 Å². The van der Waals surface area contributed by atoms with Crippen LogP contribution in [0.3, 0.4) is 0 Å². The first-order valence-electron chi connectivity index (χ1n) is 3.07. The summed E-state index contributed by atoms with van der Waals surface area (Å²) in [5.74, 6) is 5.15. The van der Waals surface area contributed by atoms with E-state index < -0.39 is 5.60 Å². The lowest BCUT2D eigenvalue weighted by Crippen LogP contribution is -2.14. The first kappa shape index (κ1) is 9.22. The van der Waals surface area contributed by atoms with Gasteiger partial charge >= 0.3 is 0 Å². The first-order valence-corrected chi connectivity index (χ1v) is 3.07. The average molecular weight is 140 g/mol. The number of hydrogen-bond acceptors (Lipinski definition) is 2. The fourth-order valence-corrected chi connectivity index (χ4v) is 0.330. The monoisotopic (exact) mass is 140 g/mol. The van der Waals surface area contributed by atoms with Gasteiger partial charge in [-0.2, -0.15) is 0 Å². The van der Waals surface area contributed by atoms with Gasteiger partial charge in [0.25, 0.3) is 0 Å². The highest BCUT2D eigenvalue weighted by Gasteiger charge is 2.04. The standard InChI is InChI=1S/C8H12O2/c1-8(2,10)6-4-3-5-7-9/h3,5,9-10H,7H2,1-2H3. The van der Waals surface area contributed by atoms with Gasteiger partial charge < -0.3 is 10.2 Å². The Kier molecular flexibility index (Phi) is 3.78. The van der Waals surface area contributed by atoms with E-state index in [1.165, 1.54) is 12.2 Å². The third-order valence-electron chi connectivity index (χ3n) is 0.685. The topological polar surface area (TPSA) is 40.5 Å². The number of allylic oxidation sites excluding steroid dienone is 1. The highest BCUT2D eigenvalue weighted by Crippen LogP contribution is 1.95. The third kappa shape index (κ3) is 7.22. The van der Waals surface area contributed by atoms with E-state index in [1.807, 2.05) is 0 Å². The fraction of sp³-hybridized carbons (Fsp3) is 0.500. The summed E-state index contributed by atoms with van der Waals surface area (Å²) >= 11 is 0. The van der Waals surface area contributed by atoms with Gasteiger partial charge in [-0.15, -0.1) is 0 Å². The van der Waals surface area contributed by atoms with E-state index >= 15 is 0 Å². The highest BCUT2D eigenvalue weighted by molar-refractivity contribution is 5.20. The van der Waals surface area contributed by atoms with E-state index in [0.29, 0.717) is 0 Å². The largest absolute Gasteiger partial charge is 0.392 e. The van der Waals surface area contributed by atoms with Crippen molar-refractivity contribution in [2.75, 3.05) is 6.61 Å². The SMILES string of the molecule is CC(C)(O)C#CC=CCO. The molecule has 0 saturated heterocycles. The first-order chi connectivity index (χ1) is 4.56. The van der Waals surface area contributed by atoms with Crippen LogP contribution >= 0.6 is 0 Å². The zero-order valence-electron chi connectivity index (χ0n) is 6.26. The van der Waals surface area contributed by atoms with Crippen LogP contribution in [-0.4, -0.2) is 22.4 Å². The Hall–Kier alpha value is -0.780. The second-order valence-corrected chi connectivity index (χ2v) is 2.41. The maximum absolute atomic E-state index is 9.05. The maximum Gasteiger partial charge on any atom is 0.120 e. The molecule has 0 aliphatic carbocycles. The van der Waals surface area contributed by atoms with Gasteiger partial charge in [-0.1, -0.05) is 17.9 Å². The summed E-state index contributed by atoms with van der Waals surface area (Å²) in [6.45, 7) is 3.19. The molecule has 0 fully saturated rings. The van der Waals surface area contributed by atoms with Crippen molar-refractivity contribution < 1.29 is 10.2 Å². The number of aliphatic hydroxyl groups is 2. The summed E-state index contributed by atoms with van der Waals surface area (Å²) in [5.41, 5.74) is -0.945. The molecule has 0 atom stereocenters. The normalized spacial score (nSPS) is 11.2. The molecule has 0 aliphatic heterocycles. The van der Waals surface area contributed by atoms with E-state index in [0.717, 1.165) is 0 Å². The van der Waals surface area contributed by atoms with Crippen LogP contribution in [0, 0.1) is 11.8 Å². The molecule has 0 amide bonds. The summed E-state index contributed by atoms with van der Waals surface area (Å²) in [6.07, 6.45) is 3.02. The molecule has 2 heteroatoms. The molecule has 56 valence electrons. The zero-order valence-corrected chi connectivity index (χ0v) is 6.26. The quantitative estimate of drug-likeness (QED) is 0.514. The maximum atomic E-state index is 9.05. The van der Waals surface area contributed by atoms with Crippen molar-refractivity contribution in [2.45, 2.75) is 19.4 Å². The molecule has 0 aromatic carbocycles. The Morgan fingerprint density at radius 2 is 2.10 bits per heavy atom. The van der Waals surface area contributed by atoms with Crippen molar-refractivity contribution in [2.24, 2.45) is 0 Å².